The molecule has 0 spiro atoms. The standard InChI is InChI=1S/C22H18F2N4O4/c1-28-19(30)22(27-21(28)25,13-7-9-16(10-8-13)32-20(23)24)14-4-2-5-15(12-14)26-18(29)17-6-3-11-31-17/h2-12,20H,1H3,(H2,25,27)(H,26,29). The Balaban J connectivity index is 1.75. The van der Waals surface area contributed by atoms with E-state index in [0.717, 1.165) is 0 Å². The van der Waals surface area contributed by atoms with Gasteiger partial charge in [0.1, 0.15) is 5.75 Å². The van der Waals surface area contributed by atoms with Gasteiger partial charge in [0.25, 0.3) is 11.8 Å². The van der Waals surface area contributed by atoms with E-state index in [0.29, 0.717) is 16.8 Å². The second-order valence-electron chi connectivity index (χ2n) is 6.96. The molecule has 3 aromatic rings. The normalized spacial score (nSPS) is 18.1. The topological polar surface area (TPSA) is 110 Å². The average Bonchev–Trinajstić information content (AvgIpc) is 3.38. The fourth-order valence-corrected chi connectivity index (χ4v) is 3.48. The van der Waals surface area contributed by atoms with Crippen LogP contribution >= 0.6 is 0 Å². The van der Waals surface area contributed by atoms with Gasteiger partial charge in [-0.2, -0.15) is 8.78 Å². The second-order valence-corrected chi connectivity index (χ2v) is 6.96. The number of rotatable bonds is 6. The lowest BCUT2D eigenvalue weighted by molar-refractivity contribution is -0.129. The highest BCUT2D eigenvalue weighted by atomic mass is 19.3. The highest BCUT2D eigenvalue weighted by molar-refractivity contribution is 6.09. The number of nitrogens with zero attached hydrogens (tertiary/aromatic N) is 2. The van der Waals surface area contributed by atoms with Crippen LogP contribution in [0, 0.1) is 0 Å². The molecule has 1 atom stereocenters. The molecule has 3 N–H and O–H groups in total. The molecule has 1 unspecified atom stereocenters. The van der Waals surface area contributed by atoms with Gasteiger partial charge in [-0.15, -0.1) is 0 Å². The van der Waals surface area contributed by atoms with Crippen LogP contribution in [0.1, 0.15) is 21.7 Å². The maximum absolute atomic E-state index is 13.3. The second kappa shape index (κ2) is 8.14. The summed E-state index contributed by atoms with van der Waals surface area (Å²) in [5, 5.41) is 2.70. The minimum atomic E-state index is -2.97. The van der Waals surface area contributed by atoms with E-state index in [1.807, 2.05) is 0 Å². The third-order valence-electron chi connectivity index (χ3n) is 5.02. The molecule has 2 heterocycles. The highest BCUT2D eigenvalue weighted by Gasteiger charge is 2.49. The number of amides is 2. The molecule has 4 rings (SSSR count). The lowest BCUT2D eigenvalue weighted by Gasteiger charge is -2.26. The summed E-state index contributed by atoms with van der Waals surface area (Å²) >= 11 is 0. The fourth-order valence-electron chi connectivity index (χ4n) is 3.48. The summed E-state index contributed by atoms with van der Waals surface area (Å²) in [5.41, 5.74) is 5.60. The minimum Gasteiger partial charge on any atom is -0.459 e. The number of alkyl halides is 2. The van der Waals surface area contributed by atoms with Crippen LogP contribution in [-0.4, -0.2) is 36.3 Å². The summed E-state index contributed by atoms with van der Waals surface area (Å²) in [6, 6.07) is 15.3. The van der Waals surface area contributed by atoms with Gasteiger partial charge in [0.15, 0.2) is 17.3 Å². The zero-order valence-corrected chi connectivity index (χ0v) is 16.8. The van der Waals surface area contributed by atoms with Crippen molar-refractivity contribution in [3.8, 4) is 5.75 Å². The predicted octanol–water partition coefficient (Wildman–Crippen LogP) is 3.16. The molecule has 0 aliphatic carbocycles. The van der Waals surface area contributed by atoms with E-state index in [-0.39, 0.29) is 17.5 Å². The number of aliphatic imine (C=N–C) groups is 1. The number of hydrogen-bond donors (Lipinski definition) is 2. The van der Waals surface area contributed by atoms with Crippen molar-refractivity contribution in [1.29, 1.82) is 0 Å². The van der Waals surface area contributed by atoms with Crippen LogP contribution in [0.4, 0.5) is 14.5 Å². The number of carbonyl (C=O) groups is 2. The van der Waals surface area contributed by atoms with E-state index in [2.05, 4.69) is 15.0 Å². The van der Waals surface area contributed by atoms with Gasteiger partial charge in [-0.3, -0.25) is 14.5 Å². The number of nitrogens with one attached hydrogen (secondary N) is 1. The molecule has 0 bridgehead atoms. The average molecular weight is 440 g/mol. The summed E-state index contributed by atoms with van der Waals surface area (Å²) in [7, 11) is 1.49. The quantitative estimate of drug-likeness (QED) is 0.612. The van der Waals surface area contributed by atoms with Crippen LogP contribution in [0.2, 0.25) is 0 Å². The highest BCUT2D eigenvalue weighted by Crippen LogP contribution is 2.40. The largest absolute Gasteiger partial charge is 0.459 e. The zero-order valence-electron chi connectivity index (χ0n) is 16.8. The van der Waals surface area contributed by atoms with Gasteiger partial charge in [0, 0.05) is 12.7 Å². The van der Waals surface area contributed by atoms with Crippen LogP contribution in [0.25, 0.3) is 0 Å². The number of hydrogen-bond acceptors (Lipinski definition) is 6. The zero-order chi connectivity index (χ0) is 22.9. The van der Waals surface area contributed by atoms with Crippen molar-refractivity contribution in [2.24, 2.45) is 10.7 Å². The summed E-state index contributed by atoms with van der Waals surface area (Å²) in [6.07, 6.45) is 1.38. The number of furan rings is 1. The number of ether oxygens (including phenoxy) is 1. The molecule has 32 heavy (non-hydrogen) atoms. The number of guanidine groups is 1. The Morgan fingerprint density at radius 1 is 1.16 bits per heavy atom. The van der Waals surface area contributed by atoms with E-state index in [4.69, 9.17) is 10.2 Å². The van der Waals surface area contributed by atoms with E-state index in [9.17, 15) is 18.4 Å². The van der Waals surface area contributed by atoms with Crippen LogP contribution in [-0.2, 0) is 10.3 Å². The first-order chi connectivity index (χ1) is 15.3. The molecule has 8 nitrogen and oxygen atoms in total. The molecule has 1 aromatic heterocycles. The smallest absolute Gasteiger partial charge is 0.387 e. The van der Waals surface area contributed by atoms with Gasteiger partial charge >= 0.3 is 6.61 Å². The maximum atomic E-state index is 13.3. The van der Waals surface area contributed by atoms with Gasteiger partial charge in [-0.1, -0.05) is 24.3 Å². The van der Waals surface area contributed by atoms with Crippen molar-refractivity contribution in [3.05, 3.63) is 83.8 Å². The van der Waals surface area contributed by atoms with Gasteiger partial charge in [0.2, 0.25) is 0 Å². The lowest BCUT2D eigenvalue weighted by atomic mass is 9.82. The summed E-state index contributed by atoms with van der Waals surface area (Å²) in [5.74, 6) is -0.847. The molecule has 0 saturated carbocycles. The van der Waals surface area contributed by atoms with Crippen molar-refractivity contribution in [3.63, 3.8) is 0 Å². The van der Waals surface area contributed by atoms with Crippen molar-refractivity contribution < 1.29 is 27.5 Å². The van der Waals surface area contributed by atoms with Gasteiger partial charge in [-0.05, 0) is 47.5 Å². The monoisotopic (exact) mass is 440 g/mol. The van der Waals surface area contributed by atoms with Gasteiger partial charge < -0.3 is 20.2 Å². The van der Waals surface area contributed by atoms with Gasteiger partial charge in [0.05, 0.1) is 6.26 Å². The third kappa shape index (κ3) is 3.66. The third-order valence-corrected chi connectivity index (χ3v) is 5.02. The van der Waals surface area contributed by atoms with Crippen LogP contribution in [0.3, 0.4) is 0 Å². The van der Waals surface area contributed by atoms with Gasteiger partial charge in [-0.25, -0.2) is 4.99 Å². The number of anilines is 1. The van der Waals surface area contributed by atoms with E-state index in [1.54, 1.807) is 30.3 Å². The Kier molecular flexibility index (Phi) is 5.35. The predicted molar refractivity (Wildman–Crippen MR) is 111 cm³/mol. The number of benzene rings is 2. The molecule has 164 valence electrons. The Morgan fingerprint density at radius 3 is 2.50 bits per heavy atom. The summed E-state index contributed by atoms with van der Waals surface area (Å²) < 4.78 is 34.5. The first kappa shape index (κ1) is 21.0. The van der Waals surface area contributed by atoms with Crippen molar-refractivity contribution in [2.45, 2.75) is 12.2 Å². The molecule has 1 aliphatic heterocycles. The van der Waals surface area contributed by atoms with E-state index in [1.165, 1.54) is 48.5 Å². The Labute approximate surface area is 181 Å². The summed E-state index contributed by atoms with van der Waals surface area (Å²) in [4.78, 5) is 31.3. The maximum Gasteiger partial charge on any atom is 0.387 e. The van der Waals surface area contributed by atoms with Crippen molar-refractivity contribution >= 4 is 23.5 Å². The lowest BCUT2D eigenvalue weighted by Crippen LogP contribution is -2.41. The molecule has 1 aliphatic rings. The SMILES string of the molecule is CN1C(=O)C(c2ccc(OC(F)F)cc2)(c2cccc(NC(=O)c3ccco3)c2)N=C1N. The molecule has 0 saturated heterocycles. The molecular formula is C22H18F2N4O4. The van der Waals surface area contributed by atoms with Crippen molar-refractivity contribution in [1.82, 2.24) is 4.90 Å². The molecule has 10 heteroatoms. The van der Waals surface area contributed by atoms with Crippen LogP contribution in [0.15, 0.2) is 76.3 Å². The Morgan fingerprint density at radius 2 is 1.91 bits per heavy atom. The number of likely N-dealkylation sites (N-methyl/N-ethyl adjacent to an activating group) is 1. The van der Waals surface area contributed by atoms with E-state index < -0.39 is 24.0 Å². The van der Waals surface area contributed by atoms with Crippen LogP contribution in [0.5, 0.6) is 5.75 Å². The van der Waals surface area contributed by atoms with E-state index >= 15 is 0 Å². The molecule has 2 amide bonds. The first-order valence-corrected chi connectivity index (χ1v) is 9.45. The summed E-state index contributed by atoms with van der Waals surface area (Å²) in [6.45, 7) is -2.97. The molecular weight excluding hydrogens is 422 g/mol. The fraction of sp³-hybridized carbons (Fsp3) is 0.136. The number of nitrogens with two attached hydrogens (primary N) is 1. The number of halogens is 2. The molecule has 0 fully saturated rings. The number of carbonyl (C=O) groups excluding carboxylic acids is 2. The molecule has 0 radical (unpaired) electrons. The molecule has 2 aromatic carbocycles. The van der Waals surface area contributed by atoms with Crippen LogP contribution < -0.4 is 15.8 Å². The Hall–Kier alpha value is -4.21. The first-order valence-electron chi connectivity index (χ1n) is 9.45. The minimum absolute atomic E-state index is 0.00655. The Bertz CT molecular complexity index is 1180. The van der Waals surface area contributed by atoms with Crippen molar-refractivity contribution in [2.75, 3.05) is 12.4 Å².